The van der Waals surface area contributed by atoms with Gasteiger partial charge >= 0.3 is 0 Å². The molecule has 0 unspecified atom stereocenters. The molecule has 0 aliphatic rings. The van der Waals surface area contributed by atoms with Crippen LogP contribution in [0.15, 0.2) is 46.0 Å². The van der Waals surface area contributed by atoms with Crippen LogP contribution in [0.2, 0.25) is 20.1 Å². The zero-order valence-electron chi connectivity index (χ0n) is 27.4. The summed E-state index contributed by atoms with van der Waals surface area (Å²) in [5.74, 6) is 0.860. The van der Waals surface area contributed by atoms with E-state index in [4.69, 9.17) is 51.7 Å². The summed E-state index contributed by atoms with van der Waals surface area (Å²) in [6.07, 6.45) is 3.26. The number of halogens is 4. The maximum absolute atomic E-state index is 11.8. The summed E-state index contributed by atoms with van der Waals surface area (Å²) in [5, 5.41) is 38.0. The van der Waals surface area contributed by atoms with Crippen molar-refractivity contribution >= 4 is 46.4 Å². The molecule has 5 aromatic rings. The van der Waals surface area contributed by atoms with Gasteiger partial charge in [-0.1, -0.05) is 79.3 Å². The third-order valence-electron chi connectivity index (χ3n) is 7.68. The fourth-order valence-corrected chi connectivity index (χ4v) is 6.34. The third kappa shape index (κ3) is 10.5. The first-order valence-electron chi connectivity index (χ1n) is 15.6. The van der Waals surface area contributed by atoms with Gasteiger partial charge in [-0.05, 0) is 83.3 Å². The van der Waals surface area contributed by atoms with Crippen LogP contribution in [-0.2, 0) is 32.1 Å². The van der Waals surface area contributed by atoms with Crippen molar-refractivity contribution < 1.29 is 0 Å². The van der Waals surface area contributed by atoms with E-state index >= 15 is 0 Å². The van der Waals surface area contributed by atoms with Gasteiger partial charge in [-0.25, -0.2) is 10.2 Å². The lowest BCUT2D eigenvalue weighted by molar-refractivity contribution is 0.801. The van der Waals surface area contributed by atoms with Gasteiger partial charge in [-0.3, -0.25) is 9.59 Å². The van der Waals surface area contributed by atoms with Gasteiger partial charge in [0.05, 0.1) is 17.5 Å². The lowest BCUT2D eigenvalue weighted by Crippen LogP contribution is -2.17. The van der Waals surface area contributed by atoms with Gasteiger partial charge in [0.1, 0.15) is 0 Å². The van der Waals surface area contributed by atoms with Crippen LogP contribution >= 0.6 is 46.4 Å². The smallest absolute Gasteiger partial charge is 0.267 e. The topological polar surface area (TPSA) is 170 Å². The monoisotopic (exact) mass is 741 g/mol. The van der Waals surface area contributed by atoms with Crippen LogP contribution in [-0.4, -0.2) is 41.0 Å². The molecule has 2 aromatic carbocycles. The van der Waals surface area contributed by atoms with Crippen LogP contribution < -0.4 is 11.1 Å². The van der Waals surface area contributed by atoms with Gasteiger partial charge in [0.15, 0.2) is 5.82 Å². The molecule has 0 aliphatic heterocycles. The summed E-state index contributed by atoms with van der Waals surface area (Å²) in [6.45, 7) is 7.84. The van der Waals surface area contributed by atoms with Crippen LogP contribution in [0.4, 0.5) is 0 Å². The molecule has 0 spiro atoms. The van der Waals surface area contributed by atoms with Crippen LogP contribution in [0.1, 0.15) is 96.5 Å². The van der Waals surface area contributed by atoms with Gasteiger partial charge in [0.2, 0.25) is 0 Å². The van der Waals surface area contributed by atoms with Crippen molar-refractivity contribution in [1.29, 1.82) is 5.26 Å². The van der Waals surface area contributed by atoms with E-state index in [1.54, 1.807) is 12.1 Å². The van der Waals surface area contributed by atoms with E-state index in [0.717, 1.165) is 27.9 Å². The molecule has 0 amide bonds. The van der Waals surface area contributed by atoms with Gasteiger partial charge in [0.25, 0.3) is 11.1 Å². The van der Waals surface area contributed by atoms with Crippen molar-refractivity contribution in [1.82, 2.24) is 41.0 Å². The molecule has 0 saturated carbocycles. The largest absolute Gasteiger partial charge is 0.268 e. The first-order valence-corrected chi connectivity index (χ1v) is 17.1. The molecule has 0 radical (unpaired) electrons. The predicted octanol–water partition coefficient (Wildman–Crippen LogP) is 7.34. The maximum Gasteiger partial charge on any atom is 0.267 e. The lowest BCUT2D eigenvalue weighted by atomic mass is 10.0. The molecule has 5 rings (SSSR count). The molecule has 11 nitrogen and oxygen atoms in total. The molecule has 15 heteroatoms. The Morgan fingerprint density at radius 1 is 0.673 bits per heavy atom. The first kappa shape index (κ1) is 37.7. The van der Waals surface area contributed by atoms with Crippen molar-refractivity contribution in [2.24, 2.45) is 0 Å². The molecule has 0 saturated heterocycles. The third-order valence-corrected chi connectivity index (χ3v) is 9.03. The summed E-state index contributed by atoms with van der Waals surface area (Å²) in [7, 11) is 0. The molecule has 256 valence electrons. The van der Waals surface area contributed by atoms with Gasteiger partial charge in [-0.2, -0.15) is 20.7 Å². The van der Waals surface area contributed by atoms with Crippen molar-refractivity contribution in [3.63, 3.8) is 0 Å². The van der Waals surface area contributed by atoms with Crippen LogP contribution in [0, 0.1) is 11.3 Å². The normalized spacial score (nSPS) is 11.0. The van der Waals surface area contributed by atoms with E-state index in [9.17, 15) is 9.59 Å². The maximum atomic E-state index is 11.8. The average molecular weight is 744 g/mol. The van der Waals surface area contributed by atoms with Crippen LogP contribution in [0.25, 0.3) is 0 Å². The van der Waals surface area contributed by atoms with E-state index in [0.29, 0.717) is 81.3 Å². The summed E-state index contributed by atoms with van der Waals surface area (Å²) in [4.78, 5) is 23.6. The average Bonchev–Trinajstić information content (AvgIpc) is 3.58. The van der Waals surface area contributed by atoms with E-state index in [2.05, 4.69) is 47.1 Å². The van der Waals surface area contributed by atoms with Crippen LogP contribution in [0.3, 0.4) is 0 Å². The zero-order valence-corrected chi connectivity index (χ0v) is 30.4. The summed E-state index contributed by atoms with van der Waals surface area (Å²) < 4.78 is 0. The Hall–Kier alpha value is -4.08. The van der Waals surface area contributed by atoms with Crippen molar-refractivity contribution in [3.05, 3.63) is 128 Å². The molecule has 3 aromatic heterocycles. The lowest BCUT2D eigenvalue weighted by Gasteiger charge is -2.11. The minimum atomic E-state index is -0.173. The molecule has 0 fully saturated rings. The highest BCUT2D eigenvalue weighted by Gasteiger charge is 2.15. The number of aryl methyl sites for hydroxylation is 3. The number of tetrazole rings is 1. The number of nitrogens with one attached hydrogen (secondary N) is 3. The number of nitriles is 1. The van der Waals surface area contributed by atoms with E-state index < -0.39 is 0 Å². The quantitative estimate of drug-likeness (QED) is 0.126. The highest BCUT2D eigenvalue weighted by Crippen LogP contribution is 2.30. The Kier molecular flexibility index (Phi) is 13.5. The molecule has 0 aliphatic carbocycles. The molecular formula is C34H35Cl4N9O2. The Morgan fingerprint density at radius 2 is 1.12 bits per heavy atom. The summed E-state index contributed by atoms with van der Waals surface area (Å²) in [6, 6.07) is 13.1. The molecule has 49 heavy (non-hydrogen) atoms. The second kappa shape index (κ2) is 17.5. The Morgan fingerprint density at radius 3 is 1.51 bits per heavy atom. The number of hydrogen-bond acceptors (Lipinski definition) is 8. The number of benzene rings is 2. The van der Waals surface area contributed by atoms with Crippen molar-refractivity contribution in [2.75, 3.05) is 0 Å². The second-order valence-electron chi connectivity index (χ2n) is 12.0. The molecule has 3 heterocycles. The highest BCUT2D eigenvalue weighted by atomic mass is 35.5. The van der Waals surface area contributed by atoms with Gasteiger partial charge < -0.3 is 0 Å². The second-order valence-corrected chi connectivity index (χ2v) is 13.6. The van der Waals surface area contributed by atoms with E-state index in [1.165, 1.54) is 0 Å². The fraction of sp³-hybridized carbons (Fsp3) is 0.353. The Labute approximate surface area is 303 Å². The highest BCUT2D eigenvalue weighted by molar-refractivity contribution is 6.36. The van der Waals surface area contributed by atoms with Gasteiger partial charge in [0, 0.05) is 56.9 Å². The summed E-state index contributed by atoms with van der Waals surface area (Å²) in [5.41, 5.74) is 5.94. The Balaban J connectivity index is 0.000000223. The van der Waals surface area contributed by atoms with E-state index in [-0.39, 0.29) is 23.0 Å². The SMILES string of the molecule is CC(C)c1cc(Cc2c(Cl)cc(CCC#N)cc2Cl)n[nH]c1=O.CC(C)c1cc(Cc2c(Cl)cc(CCc3nn[nH]n3)cc2Cl)n[nH]c1=O. The number of rotatable bonds is 11. The van der Waals surface area contributed by atoms with Crippen LogP contribution in [0.5, 0.6) is 0 Å². The first-order chi connectivity index (χ1) is 23.4. The van der Waals surface area contributed by atoms with Gasteiger partial charge in [-0.15, -0.1) is 10.2 Å². The zero-order chi connectivity index (χ0) is 35.7. The predicted molar refractivity (Wildman–Crippen MR) is 192 cm³/mol. The number of aromatic nitrogens is 8. The minimum Gasteiger partial charge on any atom is -0.268 e. The number of H-pyrrole nitrogens is 3. The standard InChI is InChI=1S/C17H18Cl2N6O.C17H17Cl2N3O/c1-9(2)12-7-11(20-23-17(12)26)8-13-14(18)5-10(6-15(13)19)3-4-16-21-24-25-22-16;1-10(2)13-8-12(21-22-17(13)23)9-14-15(18)6-11(4-3-5-20)7-16(14)19/h5-7,9H,3-4,8H2,1-2H3,(H,23,26)(H,21,22,24,25);6-8,10H,3-4,9H2,1-2H3,(H,22,23). The minimum absolute atomic E-state index is 0.110. The molecule has 0 atom stereocenters. The molecule has 3 N–H and O–H groups in total. The number of nitrogens with zero attached hydrogens (tertiary/aromatic N) is 6. The summed E-state index contributed by atoms with van der Waals surface area (Å²) >= 11 is 25.5. The number of aromatic amines is 3. The van der Waals surface area contributed by atoms with Crippen molar-refractivity contribution in [2.45, 2.75) is 78.1 Å². The molecule has 0 bridgehead atoms. The number of hydrogen-bond donors (Lipinski definition) is 3. The molecular weight excluding hydrogens is 708 g/mol. The fourth-order valence-electron chi connectivity index (χ4n) is 5.01. The van der Waals surface area contributed by atoms with E-state index in [1.807, 2.05) is 52.0 Å². The van der Waals surface area contributed by atoms with Crippen molar-refractivity contribution in [3.8, 4) is 6.07 Å². The Bertz CT molecular complexity index is 2010.